The Morgan fingerprint density at radius 1 is 1.39 bits per heavy atom. The molecule has 0 radical (unpaired) electrons. The molecule has 1 heterocycles. The monoisotopic (exact) mass is 271 g/mol. The molecule has 1 N–H and O–H groups in total. The van der Waals surface area contributed by atoms with Crippen molar-refractivity contribution in [2.45, 2.75) is 11.6 Å². The first-order chi connectivity index (χ1) is 8.56. The van der Waals surface area contributed by atoms with Crippen molar-refractivity contribution in [3.05, 3.63) is 0 Å². The average molecular weight is 271 g/mol. The van der Waals surface area contributed by atoms with Crippen molar-refractivity contribution in [2.75, 3.05) is 44.2 Å². The number of nitrogens with one attached hydrogen (secondary N) is 1. The van der Waals surface area contributed by atoms with E-state index in [1.54, 1.807) is 11.9 Å². The molecule has 0 aliphatic carbocycles. The van der Waals surface area contributed by atoms with Gasteiger partial charge in [0.1, 0.15) is 0 Å². The Bertz CT molecular complexity index is 413. The van der Waals surface area contributed by atoms with Crippen LogP contribution in [0.1, 0.15) is 6.42 Å². The topological polar surface area (TPSA) is 80.2 Å². The number of aromatic nitrogens is 3. The predicted molar refractivity (Wildman–Crippen MR) is 71.1 cm³/mol. The van der Waals surface area contributed by atoms with E-state index in [1.807, 2.05) is 14.1 Å². The second kappa shape index (κ2) is 7.00. The van der Waals surface area contributed by atoms with Gasteiger partial charge in [0.15, 0.2) is 5.16 Å². The maximum atomic E-state index is 11.0. The molecular formula is C10H17N5O2S. The first-order valence-electron chi connectivity index (χ1n) is 5.37. The van der Waals surface area contributed by atoms with Gasteiger partial charge >= 0.3 is 5.97 Å². The molecule has 1 aromatic heterocycles. The number of anilines is 2. The van der Waals surface area contributed by atoms with Gasteiger partial charge in [-0.05, 0) is 0 Å². The quantitative estimate of drug-likeness (QED) is 0.596. The number of carbonyl (C=O) groups is 1. The van der Waals surface area contributed by atoms with Crippen molar-refractivity contribution in [1.82, 2.24) is 15.0 Å². The SMILES string of the molecule is CNc1nc(SCCC(=O)OC)nc(N(C)C)n1. The minimum absolute atomic E-state index is 0.238. The molecule has 1 aromatic rings. The maximum Gasteiger partial charge on any atom is 0.306 e. The second-order valence-electron chi connectivity index (χ2n) is 3.56. The van der Waals surface area contributed by atoms with Gasteiger partial charge < -0.3 is 15.0 Å². The first-order valence-corrected chi connectivity index (χ1v) is 6.36. The third-order valence-electron chi connectivity index (χ3n) is 1.99. The molecule has 8 heteroatoms. The number of hydrogen-bond acceptors (Lipinski definition) is 8. The summed E-state index contributed by atoms with van der Waals surface area (Å²) in [5, 5.41) is 3.46. The molecule has 0 fully saturated rings. The Morgan fingerprint density at radius 3 is 2.67 bits per heavy atom. The fourth-order valence-corrected chi connectivity index (χ4v) is 1.80. The molecule has 7 nitrogen and oxygen atoms in total. The molecule has 0 amide bonds. The summed E-state index contributed by atoms with van der Waals surface area (Å²) < 4.78 is 4.57. The van der Waals surface area contributed by atoms with E-state index in [0.29, 0.717) is 29.2 Å². The molecule has 0 saturated heterocycles. The highest BCUT2D eigenvalue weighted by Gasteiger charge is 2.08. The Labute approximate surface area is 110 Å². The fraction of sp³-hybridized carbons (Fsp3) is 0.600. The smallest absolute Gasteiger partial charge is 0.306 e. The van der Waals surface area contributed by atoms with Gasteiger partial charge in [0.25, 0.3) is 0 Å². The standard InChI is InChI=1S/C10H17N5O2S/c1-11-8-12-9(15(2)3)14-10(13-8)18-6-5-7(16)17-4/h5-6H2,1-4H3,(H,11,12,13,14). The van der Waals surface area contributed by atoms with E-state index in [0.717, 1.165) is 0 Å². The van der Waals surface area contributed by atoms with Crippen LogP contribution in [-0.2, 0) is 9.53 Å². The lowest BCUT2D eigenvalue weighted by molar-refractivity contribution is -0.140. The van der Waals surface area contributed by atoms with Crippen LogP contribution in [0, 0.1) is 0 Å². The fourth-order valence-electron chi connectivity index (χ4n) is 1.05. The number of ether oxygens (including phenoxy) is 1. The van der Waals surface area contributed by atoms with Crippen LogP contribution < -0.4 is 10.2 Å². The summed E-state index contributed by atoms with van der Waals surface area (Å²) in [6.45, 7) is 0. The summed E-state index contributed by atoms with van der Waals surface area (Å²) in [6, 6.07) is 0. The number of methoxy groups -OCH3 is 1. The summed E-state index contributed by atoms with van der Waals surface area (Å²) in [6.07, 6.45) is 0.332. The third kappa shape index (κ3) is 4.36. The van der Waals surface area contributed by atoms with Gasteiger partial charge in [0.05, 0.1) is 13.5 Å². The van der Waals surface area contributed by atoms with Crippen LogP contribution in [0.2, 0.25) is 0 Å². The zero-order valence-electron chi connectivity index (χ0n) is 10.9. The van der Waals surface area contributed by atoms with Gasteiger partial charge in [-0.3, -0.25) is 4.79 Å². The van der Waals surface area contributed by atoms with E-state index < -0.39 is 0 Å². The zero-order valence-corrected chi connectivity index (χ0v) is 11.7. The first kappa shape index (κ1) is 14.5. The zero-order chi connectivity index (χ0) is 13.5. The molecule has 0 spiro atoms. The van der Waals surface area contributed by atoms with E-state index in [2.05, 4.69) is 25.0 Å². The summed E-state index contributed by atoms with van der Waals surface area (Å²) in [4.78, 5) is 25.5. The van der Waals surface area contributed by atoms with Crippen LogP contribution in [0.15, 0.2) is 5.16 Å². The van der Waals surface area contributed by atoms with E-state index in [-0.39, 0.29) is 5.97 Å². The molecule has 0 aliphatic rings. The van der Waals surface area contributed by atoms with Gasteiger partial charge in [-0.1, -0.05) is 11.8 Å². The highest BCUT2D eigenvalue weighted by atomic mass is 32.2. The van der Waals surface area contributed by atoms with Crippen LogP contribution in [0.5, 0.6) is 0 Å². The van der Waals surface area contributed by atoms with Crippen molar-refractivity contribution in [3.63, 3.8) is 0 Å². The average Bonchev–Trinajstić information content (AvgIpc) is 2.37. The van der Waals surface area contributed by atoms with Crippen LogP contribution in [-0.4, -0.2) is 54.9 Å². The van der Waals surface area contributed by atoms with Gasteiger partial charge in [-0.2, -0.15) is 15.0 Å². The van der Waals surface area contributed by atoms with Crippen molar-refractivity contribution in [2.24, 2.45) is 0 Å². The highest BCUT2D eigenvalue weighted by Crippen LogP contribution is 2.18. The number of thioether (sulfide) groups is 1. The van der Waals surface area contributed by atoms with Gasteiger partial charge in [0.2, 0.25) is 11.9 Å². The molecule has 0 aromatic carbocycles. The van der Waals surface area contributed by atoms with Crippen LogP contribution in [0.3, 0.4) is 0 Å². The van der Waals surface area contributed by atoms with Crippen molar-refractivity contribution in [3.8, 4) is 0 Å². The number of esters is 1. The van der Waals surface area contributed by atoms with Gasteiger partial charge in [0, 0.05) is 26.9 Å². The number of hydrogen-bond donors (Lipinski definition) is 1. The molecule has 0 saturated carbocycles. The lowest BCUT2D eigenvalue weighted by Crippen LogP contribution is -2.15. The van der Waals surface area contributed by atoms with E-state index in [1.165, 1.54) is 18.9 Å². The Morgan fingerprint density at radius 2 is 2.11 bits per heavy atom. The Hall–Kier alpha value is -1.57. The van der Waals surface area contributed by atoms with Gasteiger partial charge in [-0.15, -0.1) is 0 Å². The largest absolute Gasteiger partial charge is 0.469 e. The van der Waals surface area contributed by atoms with E-state index in [4.69, 9.17) is 0 Å². The predicted octanol–water partition coefficient (Wildman–Crippen LogP) is 0.634. The molecule has 18 heavy (non-hydrogen) atoms. The van der Waals surface area contributed by atoms with E-state index in [9.17, 15) is 4.79 Å². The van der Waals surface area contributed by atoms with Crippen LogP contribution in [0.25, 0.3) is 0 Å². The molecule has 0 atom stereocenters. The lowest BCUT2D eigenvalue weighted by Gasteiger charge is -2.12. The molecule has 0 unspecified atom stereocenters. The molecule has 100 valence electrons. The summed E-state index contributed by atoms with van der Waals surface area (Å²) >= 11 is 1.40. The van der Waals surface area contributed by atoms with Gasteiger partial charge in [-0.25, -0.2) is 0 Å². The third-order valence-corrected chi connectivity index (χ3v) is 2.84. The molecule has 0 aliphatic heterocycles. The van der Waals surface area contributed by atoms with Crippen molar-refractivity contribution in [1.29, 1.82) is 0 Å². The Kier molecular flexibility index (Phi) is 5.63. The normalized spacial score (nSPS) is 10.0. The summed E-state index contributed by atoms with van der Waals surface area (Å²) in [5.41, 5.74) is 0. The van der Waals surface area contributed by atoms with E-state index >= 15 is 0 Å². The molecule has 1 rings (SSSR count). The minimum Gasteiger partial charge on any atom is -0.469 e. The highest BCUT2D eigenvalue weighted by molar-refractivity contribution is 7.99. The molecule has 0 bridgehead atoms. The number of rotatable bonds is 6. The molecular weight excluding hydrogens is 254 g/mol. The maximum absolute atomic E-state index is 11.0. The second-order valence-corrected chi connectivity index (χ2v) is 4.62. The van der Waals surface area contributed by atoms with Crippen molar-refractivity contribution >= 4 is 29.6 Å². The lowest BCUT2D eigenvalue weighted by atomic mass is 10.5. The minimum atomic E-state index is -0.238. The number of carbonyl (C=O) groups excluding carboxylic acids is 1. The van der Waals surface area contributed by atoms with Crippen LogP contribution >= 0.6 is 11.8 Å². The number of nitrogens with zero attached hydrogens (tertiary/aromatic N) is 4. The summed E-state index contributed by atoms with van der Waals surface area (Å²) in [5.74, 6) is 1.43. The van der Waals surface area contributed by atoms with Crippen LogP contribution in [0.4, 0.5) is 11.9 Å². The Balaban J connectivity index is 2.69. The summed E-state index contributed by atoms with van der Waals surface area (Å²) in [7, 11) is 6.84. The van der Waals surface area contributed by atoms with Crippen molar-refractivity contribution < 1.29 is 9.53 Å².